The number of nitrogens with one attached hydrogen (secondary N) is 1. The van der Waals surface area contributed by atoms with Crippen LogP contribution in [-0.4, -0.2) is 0 Å². The van der Waals surface area contributed by atoms with E-state index in [4.69, 9.17) is 23.2 Å². The number of hydrogen-bond acceptors (Lipinski definition) is 2. The second-order valence-corrected chi connectivity index (χ2v) is 6.36. The van der Waals surface area contributed by atoms with Gasteiger partial charge < -0.3 is 5.32 Å². The lowest BCUT2D eigenvalue weighted by Gasteiger charge is -2.25. The number of hydrogen-bond donors (Lipinski definition) is 1. The number of aryl methyl sites for hydroxylation is 1. The van der Waals surface area contributed by atoms with Crippen molar-refractivity contribution in [1.29, 1.82) is 0 Å². The minimum absolute atomic E-state index is 0.374. The molecular weight excluding hydrogens is 285 g/mol. The summed E-state index contributed by atoms with van der Waals surface area (Å²) in [5, 5.41) is 7.07. The van der Waals surface area contributed by atoms with Crippen LogP contribution in [0.4, 0.5) is 5.69 Å². The third kappa shape index (κ3) is 2.37. The van der Waals surface area contributed by atoms with Crippen LogP contribution in [0.2, 0.25) is 10.0 Å². The first-order valence-corrected chi connectivity index (χ1v) is 7.65. The molecule has 0 saturated carbocycles. The minimum Gasteiger partial charge on any atom is -0.377 e. The molecule has 18 heavy (non-hydrogen) atoms. The van der Waals surface area contributed by atoms with E-state index < -0.39 is 0 Å². The molecule has 0 saturated heterocycles. The second kappa shape index (κ2) is 5.12. The van der Waals surface area contributed by atoms with E-state index in [9.17, 15) is 0 Å². The molecule has 1 aliphatic carbocycles. The molecule has 1 unspecified atom stereocenters. The van der Waals surface area contributed by atoms with Crippen LogP contribution in [0.1, 0.15) is 29.3 Å². The Morgan fingerprint density at radius 3 is 2.94 bits per heavy atom. The normalized spacial score (nSPS) is 18.4. The Balaban J connectivity index is 1.86. The van der Waals surface area contributed by atoms with E-state index >= 15 is 0 Å². The van der Waals surface area contributed by atoms with Crippen molar-refractivity contribution < 1.29 is 0 Å². The van der Waals surface area contributed by atoms with E-state index in [1.807, 2.05) is 23.5 Å². The maximum atomic E-state index is 6.21. The van der Waals surface area contributed by atoms with E-state index in [1.165, 1.54) is 23.3 Å². The Kier molecular flexibility index (Phi) is 3.51. The molecule has 4 heteroatoms. The van der Waals surface area contributed by atoms with Crippen LogP contribution in [-0.2, 0) is 6.42 Å². The summed E-state index contributed by atoms with van der Waals surface area (Å²) in [6.45, 7) is 0. The van der Waals surface area contributed by atoms with Crippen LogP contribution in [0, 0.1) is 0 Å². The van der Waals surface area contributed by atoms with Gasteiger partial charge in [0.25, 0.3) is 0 Å². The van der Waals surface area contributed by atoms with Gasteiger partial charge in [-0.15, -0.1) is 11.3 Å². The molecule has 0 fully saturated rings. The molecule has 0 radical (unpaired) electrons. The van der Waals surface area contributed by atoms with Crippen molar-refractivity contribution in [2.75, 3.05) is 5.32 Å². The largest absolute Gasteiger partial charge is 0.377 e. The minimum atomic E-state index is 0.374. The Morgan fingerprint density at radius 1 is 1.22 bits per heavy atom. The van der Waals surface area contributed by atoms with Gasteiger partial charge in [0.2, 0.25) is 0 Å². The monoisotopic (exact) mass is 297 g/mol. The van der Waals surface area contributed by atoms with Gasteiger partial charge in [-0.25, -0.2) is 0 Å². The molecule has 0 amide bonds. The van der Waals surface area contributed by atoms with Gasteiger partial charge in [-0.3, -0.25) is 0 Å². The van der Waals surface area contributed by atoms with Crippen LogP contribution in [0.15, 0.2) is 29.6 Å². The van der Waals surface area contributed by atoms with Crippen molar-refractivity contribution in [3.8, 4) is 0 Å². The van der Waals surface area contributed by atoms with E-state index in [2.05, 4.69) is 16.8 Å². The first-order valence-electron chi connectivity index (χ1n) is 6.02. The molecule has 1 aliphatic rings. The van der Waals surface area contributed by atoms with E-state index in [-0.39, 0.29) is 0 Å². The zero-order valence-electron chi connectivity index (χ0n) is 9.75. The number of fused-ring (bicyclic) bond motifs is 1. The molecule has 1 heterocycles. The van der Waals surface area contributed by atoms with Crippen molar-refractivity contribution in [3.05, 3.63) is 50.1 Å². The Bertz CT molecular complexity index is 565. The number of benzene rings is 1. The van der Waals surface area contributed by atoms with Gasteiger partial charge in [0.05, 0.1) is 16.8 Å². The van der Waals surface area contributed by atoms with E-state index in [0.717, 1.165) is 12.1 Å². The lowest BCUT2D eigenvalue weighted by molar-refractivity contribution is 0.609. The lowest BCUT2D eigenvalue weighted by atomic mass is 9.94. The van der Waals surface area contributed by atoms with E-state index in [1.54, 1.807) is 6.07 Å². The molecule has 94 valence electrons. The smallest absolute Gasteiger partial charge is 0.0652 e. The maximum absolute atomic E-state index is 6.21. The summed E-state index contributed by atoms with van der Waals surface area (Å²) in [4.78, 5) is 1.50. The SMILES string of the molecule is Clc1ccc(NC2CCCc3sccc32)c(Cl)c1. The van der Waals surface area contributed by atoms with Crippen LogP contribution in [0.25, 0.3) is 0 Å². The zero-order chi connectivity index (χ0) is 12.5. The highest BCUT2D eigenvalue weighted by atomic mass is 35.5. The van der Waals surface area contributed by atoms with Gasteiger partial charge in [-0.05, 0) is 54.5 Å². The van der Waals surface area contributed by atoms with Gasteiger partial charge in [0, 0.05) is 9.90 Å². The van der Waals surface area contributed by atoms with Gasteiger partial charge in [0.1, 0.15) is 0 Å². The summed E-state index contributed by atoms with van der Waals surface area (Å²) in [6.07, 6.45) is 3.60. The fraction of sp³-hybridized carbons (Fsp3) is 0.286. The predicted molar refractivity (Wildman–Crippen MR) is 80.1 cm³/mol. The first kappa shape index (κ1) is 12.3. The predicted octanol–water partition coefficient (Wildman–Crippen LogP) is 5.54. The Morgan fingerprint density at radius 2 is 2.11 bits per heavy atom. The molecule has 2 aromatic rings. The maximum Gasteiger partial charge on any atom is 0.0652 e. The first-order chi connectivity index (χ1) is 8.74. The highest BCUT2D eigenvalue weighted by molar-refractivity contribution is 7.10. The van der Waals surface area contributed by atoms with Gasteiger partial charge in [-0.1, -0.05) is 23.2 Å². The highest BCUT2D eigenvalue weighted by Gasteiger charge is 2.21. The fourth-order valence-electron chi connectivity index (χ4n) is 2.43. The van der Waals surface area contributed by atoms with Gasteiger partial charge in [0.15, 0.2) is 0 Å². The highest BCUT2D eigenvalue weighted by Crippen LogP contribution is 2.37. The summed E-state index contributed by atoms with van der Waals surface area (Å²) in [6, 6.07) is 8.20. The zero-order valence-corrected chi connectivity index (χ0v) is 12.1. The quantitative estimate of drug-likeness (QED) is 0.767. The average Bonchev–Trinajstić information content (AvgIpc) is 2.82. The summed E-state index contributed by atoms with van der Waals surface area (Å²) in [5.41, 5.74) is 2.39. The molecule has 0 bridgehead atoms. The average molecular weight is 298 g/mol. The molecule has 3 rings (SSSR count). The van der Waals surface area contributed by atoms with Crippen LogP contribution in [0.5, 0.6) is 0 Å². The molecule has 1 aromatic carbocycles. The topological polar surface area (TPSA) is 12.0 Å². The summed E-state index contributed by atoms with van der Waals surface area (Å²) in [7, 11) is 0. The standard InChI is InChI=1S/C14H13Cl2NS/c15-9-4-5-13(11(16)8-9)17-12-2-1-3-14-10(12)6-7-18-14/h4-8,12,17H,1-3H2. The fourth-order valence-corrected chi connectivity index (χ4v) is 3.88. The van der Waals surface area contributed by atoms with Crippen LogP contribution in [0.3, 0.4) is 0 Å². The summed E-state index contributed by atoms with van der Waals surface area (Å²) in [5.74, 6) is 0. The summed E-state index contributed by atoms with van der Waals surface area (Å²) >= 11 is 14.0. The number of halogens is 2. The van der Waals surface area contributed by atoms with Crippen molar-refractivity contribution in [2.45, 2.75) is 25.3 Å². The number of rotatable bonds is 2. The summed E-state index contributed by atoms with van der Waals surface area (Å²) < 4.78 is 0. The molecule has 1 aromatic heterocycles. The van der Waals surface area contributed by atoms with E-state index in [0.29, 0.717) is 16.1 Å². The van der Waals surface area contributed by atoms with Crippen molar-refractivity contribution in [3.63, 3.8) is 0 Å². The second-order valence-electron chi connectivity index (χ2n) is 4.51. The third-order valence-corrected chi connectivity index (χ3v) is 4.86. The Labute approximate surface area is 121 Å². The van der Waals surface area contributed by atoms with Crippen molar-refractivity contribution in [1.82, 2.24) is 0 Å². The van der Waals surface area contributed by atoms with Crippen LogP contribution >= 0.6 is 34.5 Å². The molecule has 0 aliphatic heterocycles. The Hall–Kier alpha value is -0.700. The number of anilines is 1. The molecular formula is C14H13Cl2NS. The van der Waals surface area contributed by atoms with Crippen molar-refractivity contribution in [2.24, 2.45) is 0 Å². The molecule has 1 N–H and O–H groups in total. The third-order valence-electron chi connectivity index (χ3n) is 3.31. The van der Waals surface area contributed by atoms with Crippen LogP contribution < -0.4 is 5.32 Å². The van der Waals surface area contributed by atoms with Crippen molar-refractivity contribution >= 4 is 40.2 Å². The molecule has 1 nitrogen and oxygen atoms in total. The molecule has 1 atom stereocenters. The number of thiophene rings is 1. The van der Waals surface area contributed by atoms with Gasteiger partial charge >= 0.3 is 0 Å². The van der Waals surface area contributed by atoms with Gasteiger partial charge in [-0.2, -0.15) is 0 Å². The molecule has 0 spiro atoms. The lowest BCUT2D eigenvalue weighted by Crippen LogP contribution is -2.15.